The number of benzene rings is 2. The number of amides is 1. The van der Waals surface area contributed by atoms with E-state index in [0.29, 0.717) is 23.7 Å². The van der Waals surface area contributed by atoms with Crippen molar-refractivity contribution in [2.45, 2.75) is 44.7 Å². The van der Waals surface area contributed by atoms with Gasteiger partial charge < -0.3 is 25.0 Å². The topological polar surface area (TPSA) is 104 Å². The first kappa shape index (κ1) is 34.5. The second-order valence-corrected chi connectivity index (χ2v) is 13.8. The minimum atomic E-state index is -1.50. The van der Waals surface area contributed by atoms with Crippen LogP contribution in [0.2, 0.25) is 5.02 Å². The summed E-state index contributed by atoms with van der Waals surface area (Å²) in [7, 11) is 5.19. The molecule has 11 heteroatoms. The summed E-state index contributed by atoms with van der Waals surface area (Å²) < 4.78 is 26.7. The van der Waals surface area contributed by atoms with E-state index in [2.05, 4.69) is 16.7 Å². The maximum Gasteiger partial charge on any atom is 0.338 e. The normalized spacial score (nSPS) is 24.3. The van der Waals surface area contributed by atoms with Crippen molar-refractivity contribution >= 4 is 40.8 Å². The second-order valence-electron chi connectivity index (χ2n) is 12.9. The van der Waals surface area contributed by atoms with Gasteiger partial charge in [0.1, 0.15) is 23.6 Å². The highest BCUT2D eigenvalue weighted by molar-refractivity contribution is 6.30. The largest absolute Gasteiger partial charge is 0.495 e. The Morgan fingerprint density at radius 2 is 1.91 bits per heavy atom. The summed E-state index contributed by atoms with van der Waals surface area (Å²) >= 11 is 12.8. The van der Waals surface area contributed by atoms with Crippen LogP contribution in [0.25, 0.3) is 0 Å². The van der Waals surface area contributed by atoms with Gasteiger partial charge in [0.05, 0.1) is 30.5 Å². The molecule has 0 radical (unpaired) electrons. The van der Waals surface area contributed by atoms with Gasteiger partial charge in [0, 0.05) is 40.0 Å². The maximum atomic E-state index is 15.8. The SMILES string of the molecule is COc1cc(C(=O)OCCN(C)C)ccc1NC(=O)[C@@H]1NC(CC(C)(C)C)[C@](C#N)(c2ccc(Cl)cc2F)C1C1C=CC=C1Cl. The minimum absolute atomic E-state index is 0.149. The molecular weight excluding hydrogens is 618 g/mol. The Labute approximate surface area is 274 Å². The molecule has 0 saturated carbocycles. The number of rotatable bonds is 10. The van der Waals surface area contributed by atoms with Gasteiger partial charge >= 0.3 is 5.97 Å². The Morgan fingerprint density at radius 1 is 1.18 bits per heavy atom. The number of carbonyl (C=O) groups excluding carboxylic acids is 2. The number of hydrogen-bond acceptors (Lipinski definition) is 7. The van der Waals surface area contributed by atoms with Crippen LogP contribution in [0.1, 0.15) is 43.1 Å². The highest BCUT2D eigenvalue weighted by Crippen LogP contribution is 2.53. The number of esters is 1. The van der Waals surface area contributed by atoms with E-state index in [9.17, 15) is 14.9 Å². The van der Waals surface area contributed by atoms with Crippen LogP contribution < -0.4 is 15.4 Å². The summed E-state index contributed by atoms with van der Waals surface area (Å²) in [6.45, 7) is 6.87. The van der Waals surface area contributed by atoms with Crippen molar-refractivity contribution in [2.24, 2.45) is 17.3 Å². The molecule has 2 aromatic carbocycles. The zero-order chi connectivity index (χ0) is 33.1. The number of halogens is 3. The summed E-state index contributed by atoms with van der Waals surface area (Å²) in [5.74, 6) is -2.71. The van der Waals surface area contributed by atoms with E-state index in [4.69, 9.17) is 32.7 Å². The summed E-state index contributed by atoms with van der Waals surface area (Å²) in [5.41, 5.74) is -1.06. The van der Waals surface area contributed by atoms with Crippen molar-refractivity contribution in [1.82, 2.24) is 10.2 Å². The smallest absolute Gasteiger partial charge is 0.338 e. The molecule has 1 amide bonds. The number of carbonyl (C=O) groups is 2. The van der Waals surface area contributed by atoms with E-state index in [-0.39, 0.29) is 33.9 Å². The van der Waals surface area contributed by atoms with E-state index in [1.807, 2.05) is 45.8 Å². The predicted octanol–water partition coefficient (Wildman–Crippen LogP) is 6.31. The molecule has 5 atom stereocenters. The molecule has 1 heterocycles. The third-order valence-electron chi connectivity index (χ3n) is 8.22. The molecule has 0 bridgehead atoms. The number of methoxy groups -OCH3 is 1. The van der Waals surface area contributed by atoms with Crippen molar-refractivity contribution in [3.8, 4) is 11.8 Å². The Kier molecular flexibility index (Phi) is 10.7. The van der Waals surface area contributed by atoms with Gasteiger partial charge in [0.15, 0.2) is 0 Å². The molecule has 2 N–H and O–H groups in total. The number of anilines is 1. The van der Waals surface area contributed by atoms with Gasteiger partial charge in [-0.15, -0.1) is 0 Å². The van der Waals surface area contributed by atoms with E-state index >= 15 is 4.39 Å². The first-order valence-electron chi connectivity index (χ1n) is 14.7. The van der Waals surface area contributed by atoms with Crippen LogP contribution in [-0.4, -0.2) is 63.2 Å². The third kappa shape index (κ3) is 7.36. The van der Waals surface area contributed by atoms with Crippen LogP contribution in [0, 0.1) is 34.4 Å². The molecule has 0 spiro atoms. The molecular formula is C34H39Cl2FN4O4. The van der Waals surface area contributed by atoms with E-state index < -0.39 is 47.0 Å². The van der Waals surface area contributed by atoms with Gasteiger partial charge in [-0.3, -0.25) is 4.79 Å². The van der Waals surface area contributed by atoms with Gasteiger partial charge in [-0.2, -0.15) is 5.26 Å². The fraction of sp³-hybridized carbons (Fsp3) is 0.441. The zero-order valence-electron chi connectivity index (χ0n) is 26.3. The lowest BCUT2D eigenvalue weighted by Gasteiger charge is -2.39. The quantitative estimate of drug-likeness (QED) is 0.289. The van der Waals surface area contributed by atoms with Crippen molar-refractivity contribution in [2.75, 3.05) is 39.7 Å². The maximum absolute atomic E-state index is 15.8. The molecule has 2 aliphatic rings. The van der Waals surface area contributed by atoms with E-state index in [0.717, 1.165) is 0 Å². The summed E-state index contributed by atoms with van der Waals surface area (Å²) in [4.78, 5) is 28.7. The molecule has 1 fully saturated rings. The van der Waals surface area contributed by atoms with Crippen LogP contribution in [-0.2, 0) is 14.9 Å². The Bertz CT molecular complexity index is 1550. The standard InChI is InChI=1S/C34H39Cl2FN4O4/c1-33(2,3)18-28-34(19-38,23-12-11-21(35)17-25(23)37)29(22-8-7-9-24(22)36)30(40-28)31(42)39-26-13-10-20(16-27(26)44-6)32(43)45-15-14-41(4)5/h7-13,16-17,22,28-30,40H,14-15,18H2,1-6H3,(H,39,42)/t22?,28?,29?,30-,34+/m1/s1. The van der Waals surface area contributed by atoms with E-state index in [1.54, 1.807) is 30.4 Å². The van der Waals surface area contributed by atoms with Crippen LogP contribution >= 0.6 is 23.2 Å². The summed E-state index contributed by atoms with van der Waals surface area (Å²) in [6, 6.07) is 9.74. The molecule has 45 heavy (non-hydrogen) atoms. The lowest BCUT2D eigenvalue weighted by Crippen LogP contribution is -2.47. The van der Waals surface area contributed by atoms with Crippen LogP contribution in [0.5, 0.6) is 5.75 Å². The molecule has 1 saturated heterocycles. The number of nitriles is 1. The molecule has 3 unspecified atom stereocenters. The fourth-order valence-electron chi connectivity index (χ4n) is 6.21. The number of likely N-dealkylation sites (N-methyl/N-ethyl adjacent to an activating group) is 1. The highest BCUT2D eigenvalue weighted by atomic mass is 35.5. The molecule has 240 valence electrons. The lowest BCUT2D eigenvalue weighted by atomic mass is 9.61. The molecule has 1 aliphatic carbocycles. The third-order valence-corrected chi connectivity index (χ3v) is 8.84. The van der Waals surface area contributed by atoms with Crippen molar-refractivity contribution in [3.05, 3.63) is 81.6 Å². The molecule has 4 rings (SSSR count). The van der Waals surface area contributed by atoms with Gasteiger partial charge in [-0.25, -0.2) is 9.18 Å². The first-order valence-corrected chi connectivity index (χ1v) is 15.4. The number of nitrogens with one attached hydrogen (secondary N) is 2. The minimum Gasteiger partial charge on any atom is -0.495 e. The van der Waals surface area contributed by atoms with Crippen LogP contribution in [0.4, 0.5) is 10.1 Å². The van der Waals surface area contributed by atoms with Crippen molar-refractivity contribution < 1.29 is 23.5 Å². The molecule has 1 aliphatic heterocycles. The number of nitrogens with zero attached hydrogens (tertiary/aromatic N) is 2. The van der Waals surface area contributed by atoms with Crippen LogP contribution in [0.3, 0.4) is 0 Å². The van der Waals surface area contributed by atoms with Gasteiger partial charge in [-0.1, -0.05) is 62.2 Å². The lowest BCUT2D eigenvalue weighted by molar-refractivity contribution is -0.119. The zero-order valence-corrected chi connectivity index (χ0v) is 27.8. The number of allylic oxidation sites excluding steroid dienone is 4. The van der Waals surface area contributed by atoms with Gasteiger partial charge in [0.25, 0.3) is 0 Å². The van der Waals surface area contributed by atoms with E-state index in [1.165, 1.54) is 25.3 Å². The Balaban J connectivity index is 1.75. The molecule has 8 nitrogen and oxygen atoms in total. The average Bonchev–Trinajstić information content (AvgIpc) is 3.52. The highest BCUT2D eigenvalue weighted by Gasteiger charge is 2.62. The predicted molar refractivity (Wildman–Crippen MR) is 174 cm³/mol. The molecule has 2 aromatic rings. The molecule has 0 aromatic heterocycles. The summed E-state index contributed by atoms with van der Waals surface area (Å²) in [6.07, 6.45) is 5.79. The summed E-state index contributed by atoms with van der Waals surface area (Å²) in [5, 5.41) is 18.0. The van der Waals surface area contributed by atoms with Gasteiger partial charge in [-0.05, 0) is 62.3 Å². The monoisotopic (exact) mass is 656 g/mol. The van der Waals surface area contributed by atoms with Gasteiger partial charge in [0.2, 0.25) is 5.91 Å². The average molecular weight is 658 g/mol. The second kappa shape index (κ2) is 13.9. The number of hydrogen-bond donors (Lipinski definition) is 2. The fourth-order valence-corrected chi connectivity index (χ4v) is 6.65. The van der Waals surface area contributed by atoms with Crippen LogP contribution in [0.15, 0.2) is 59.7 Å². The van der Waals surface area contributed by atoms with Crippen molar-refractivity contribution in [1.29, 1.82) is 5.26 Å². The van der Waals surface area contributed by atoms with Crippen molar-refractivity contribution in [3.63, 3.8) is 0 Å². The number of ether oxygens (including phenoxy) is 2. The first-order chi connectivity index (χ1) is 21.2. The Hall–Kier alpha value is -3.42. The Morgan fingerprint density at radius 3 is 2.49 bits per heavy atom.